The average Bonchev–Trinajstić information content (AvgIpc) is 2.37. The first-order chi connectivity index (χ1) is 8.54. The van der Waals surface area contributed by atoms with Gasteiger partial charge in [-0.1, -0.05) is 37.3 Å². The Morgan fingerprint density at radius 1 is 1.28 bits per heavy atom. The molecule has 5 N–H and O–H groups in total. The molecule has 0 spiro atoms. The monoisotopic (exact) mass is 249 g/mol. The van der Waals surface area contributed by atoms with Gasteiger partial charge in [-0.25, -0.2) is 0 Å². The molecule has 18 heavy (non-hydrogen) atoms. The van der Waals surface area contributed by atoms with E-state index in [1.807, 2.05) is 30.3 Å². The van der Waals surface area contributed by atoms with Gasteiger partial charge in [0.2, 0.25) is 11.8 Å². The van der Waals surface area contributed by atoms with Gasteiger partial charge >= 0.3 is 0 Å². The smallest absolute Gasteiger partial charge is 0.240 e. The number of hydrogen-bond acceptors (Lipinski definition) is 3. The summed E-state index contributed by atoms with van der Waals surface area (Å²) in [5.74, 6) is -0.910. The fraction of sp³-hybridized carbons (Fsp3) is 0.385. The molecule has 0 unspecified atom stereocenters. The standard InChI is InChI=1S/C13H19N3O2/c1-2-10(14)13(18)16-11(12(15)17)8-9-6-4-3-5-7-9/h3-7,10-11H,2,8,14H2,1H3,(H2,15,17)(H,16,18)/t10-,11-/m0/s1. The Hall–Kier alpha value is -1.88. The largest absolute Gasteiger partial charge is 0.368 e. The number of carbonyl (C=O) groups excluding carboxylic acids is 2. The first kappa shape index (κ1) is 14.2. The molecule has 2 atom stereocenters. The Balaban J connectivity index is 2.67. The number of nitrogens with two attached hydrogens (primary N) is 2. The molecule has 0 radical (unpaired) electrons. The maximum absolute atomic E-state index is 11.6. The molecule has 0 bridgehead atoms. The zero-order valence-electron chi connectivity index (χ0n) is 10.4. The van der Waals surface area contributed by atoms with E-state index in [-0.39, 0.29) is 5.91 Å². The highest BCUT2D eigenvalue weighted by atomic mass is 16.2. The van der Waals surface area contributed by atoms with Gasteiger partial charge in [-0.05, 0) is 12.0 Å². The van der Waals surface area contributed by atoms with Crippen LogP contribution < -0.4 is 16.8 Å². The number of nitrogens with one attached hydrogen (secondary N) is 1. The number of hydrogen-bond donors (Lipinski definition) is 3. The summed E-state index contributed by atoms with van der Waals surface area (Å²) in [6.07, 6.45) is 0.890. The molecule has 0 aliphatic heterocycles. The third-order valence-corrected chi connectivity index (χ3v) is 2.72. The Morgan fingerprint density at radius 3 is 2.39 bits per heavy atom. The quantitative estimate of drug-likeness (QED) is 0.658. The van der Waals surface area contributed by atoms with Gasteiger partial charge in [-0.2, -0.15) is 0 Å². The number of benzene rings is 1. The van der Waals surface area contributed by atoms with Crippen molar-refractivity contribution in [1.29, 1.82) is 0 Å². The van der Waals surface area contributed by atoms with E-state index in [1.54, 1.807) is 6.92 Å². The Labute approximate surface area is 107 Å². The molecule has 0 fully saturated rings. The van der Waals surface area contributed by atoms with E-state index in [9.17, 15) is 9.59 Å². The highest BCUT2D eigenvalue weighted by Crippen LogP contribution is 2.03. The van der Waals surface area contributed by atoms with Crippen molar-refractivity contribution in [3.05, 3.63) is 35.9 Å². The summed E-state index contributed by atoms with van der Waals surface area (Å²) in [5.41, 5.74) is 11.8. The first-order valence-electron chi connectivity index (χ1n) is 5.93. The summed E-state index contributed by atoms with van der Waals surface area (Å²) in [5, 5.41) is 2.58. The topological polar surface area (TPSA) is 98.2 Å². The molecular weight excluding hydrogens is 230 g/mol. The van der Waals surface area contributed by atoms with Crippen LogP contribution in [0.1, 0.15) is 18.9 Å². The number of carbonyl (C=O) groups is 2. The van der Waals surface area contributed by atoms with Crippen molar-refractivity contribution < 1.29 is 9.59 Å². The van der Waals surface area contributed by atoms with E-state index in [4.69, 9.17) is 11.5 Å². The van der Waals surface area contributed by atoms with Gasteiger partial charge in [0.15, 0.2) is 0 Å². The van der Waals surface area contributed by atoms with Crippen molar-refractivity contribution in [3.63, 3.8) is 0 Å². The molecule has 0 heterocycles. The van der Waals surface area contributed by atoms with Gasteiger partial charge in [-0.3, -0.25) is 9.59 Å². The highest BCUT2D eigenvalue weighted by molar-refractivity contribution is 5.89. The second-order valence-electron chi connectivity index (χ2n) is 4.17. The summed E-state index contributed by atoms with van der Waals surface area (Å²) in [6, 6.07) is 8.04. The molecular formula is C13H19N3O2. The maximum Gasteiger partial charge on any atom is 0.240 e. The van der Waals surface area contributed by atoms with Gasteiger partial charge in [0.05, 0.1) is 6.04 Å². The van der Waals surface area contributed by atoms with Crippen LogP contribution >= 0.6 is 0 Å². The summed E-state index contributed by atoms with van der Waals surface area (Å²) in [7, 11) is 0. The lowest BCUT2D eigenvalue weighted by molar-refractivity contribution is -0.128. The molecule has 5 heteroatoms. The van der Waals surface area contributed by atoms with E-state index in [2.05, 4.69) is 5.32 Å². The van der Waals surface area contributed by atoms with Crippen LogP contribution in [-0.4, -0.2) is 23.9 Å². The predicted octanol–water partition coefficient (Wildman–Crippen LogP) is -0.0635. The molecule has 0 saturated heterocycles. The van der Waals surface area contributed by atoms with E-state index in [0.29, 0.717) is 12.8 Å². The summed E-state index contributed by atoms with van der Waals surface area (Å²) in [4.78, 5) is 23.0. The minimum absolute atomic E-state index is 0.350. The van der Waals surface area contributed by atoms with Crippen molar-refractivity contribution in [3.8, 4) is 0 Å². The minimum atomic E-state index is -0.725. The molecule has 0 saturated carbocycles. The lowest BCUT2D eigenvalue weighted by atomic mass is 10.0. The fourth-order valence-electron chi connectivity index (χ4n) is 1.54. The average molecular weight is 249 g/mol. The third-order valence-electron chi connectivity index (χ3n) is 2.72. The summed E-state index contributed by atoms with van der Waals surface area (Å²) >= 11 is 0. The fourth-order valence-corrected chi connectivity index (χ4v) is 1.54. The van der Waals surface area contributed by atoms with Gasteiger partial charge in [0, 0.05) is 6.42 Å². The van der Waals surface area contributed by atoms with Gasteiger partial charge in [0.1, 0.15) is 6.04 Å². The zero-order chi connectivity index (χ0) is 13.5. The molecule has 98 valence electrons. The second kappa shape index (κ2) is 6.76. The van der Waals surface area contributed by atoms with Gasteiger partial charge in [0.25, 0.3) is 0 Å². The normalized spacial score (nSPS) is 13.7. The molecule has 2 amide bonds. The van der Waals surface area contributed by atoms with Crippen molar-refractivity contribution in [2.24, 2.45) is 11.5 Å². The highest BCUT2D eigenvalue weighted by Gasteiger charge is 2.21. The number of rotatable bonds is 6. The molecule has 1 aromatic carbocycles. The second-order valence-corrected chi connectivity index (χ2v) is 4.17. The molecule has 1 rings (SSSR count). The van der Waals surface area contributed by atoms with Crippen molar-refractivity contribution in [2.75, 3.05) is 0 Å². The van der Waals surface area contributed by atoms with Crippen LogP contribution in [0.3, 0.4) is 0 Å². The van der Waals surface area contributed by atoms with E-state index < -0.39 is 18.0 Å². The molecule has 5 nitrogen and oxygen atoms in total. The van der Waals surface area contributed by atoms with Crippen molar-refractivity contribution in [1.82, 2.24) is 5.32 Å². The zero-order valence-corrected chi connectivity index (χ0v) is 10.4. The lowest BCUT2D eigenvalue weighted by Gasteiger charge is -2.17. The Kier molecular flexibility index (Phi) is 5.32. The maximum atomic E-state index is 11.6. The van der Waals surface area contributed by atoms with Crippen LogP contribution in [0, 0.1) is 0 Å². The predicted molar refractivity (Wildman–Crippen MR) is 69.5 cm³/mol. The van der Waals surface area contributed by atoms with Gasteiger partial charge in [-0.15, -0.1) is 0 Å². The van der Waals surface area contributed by atoms with Crippen LogP contribution in [0.2, 0.25) is 0 Å². The SMILES string of the molecule is CC[C@H](N)C(=O)N[C@@H](Cc1ccccc1)C(N)=O. The van der Waals surface area contributed by atoms with Crippen LogP contribution in [0.25, 0.3) is 0 Å². The molecule has 0 aliphatic rings. The van der Waals surface area contributed by atoms with E-state index >= 15 is 0 Å². The number of primary amides is 1. The Bertz CT molecular complexity index is 406. The lowest BCUT2D eigenvalue weighted by Crippen LogP contribution is -2.51. The minimum Gasteiger partial charge on any atom is -0.368 e. The summed E-state index contributed by atoms with van der Waals surface area (Å²) in [6.45, 7) is 1.81. The van der Waals surface area contributed by atoms with Crippen LogP contribution in [-0.2, 0) is 16.0 Å². The van der Waals surface area contributed by atoms with E-state index in [0.717, 1.165) is 5.56 Å². The molecule has 0 aromatic heterocycles. The first-order valence-corrected chi connectivity index (χ1v) is 5.93. The molecule has 0 aliphatic carbocycles. The van der Waals surface area contributed by atoms with Crippen LogP contribution in [0.15, 0.2) is 30.3 Å². The van der Waals surface area contributed by atoms with Crippen molar-refractivity contribution in [2.45, 2.75) is 31.8 Å². The number of amides is 2. The van der Waals surface area contributed by atoms with E-state index in [1.165, 1.54) is 0 Å². The molecule has 1 aromatic rings. The van der Waals surface area contributed by atoms with Crippen molar-refractivity contribution >= 4 is 11.8 Å². The third kappa shape index (κ3) is 4.18. The summed E-state index contributed by atoms with van der Waals surface area (Å²) < 4.78 is 0. The van der Waals surface area contributed by atoms with Crippen LogP contribution in [0.4, 0.5) is 0 Å². The van der Waals surface area contributed by atoms with Crippen LogP contribution in [0.5, 0.6) is 0 Å². The Morgan fingerprint density at radius 2 is 1.89 bits per heavy atom. The van der Waals surface area contributed by atoms with Gasteiger partial charge < -0.3 is 16.8 Å².